The van der Waals surface area contributed by atoms with E-state index in [0.717, 1.165) is 32.0 Å². The number of fused-ring (bicyclic) bond motifs is 1. The van der Waals surface area contributed by atoms with Crippen molar-refractivity contribution in [2.75, 3.05) is 19.6 Å². The maximum atomic E-state index is 13.3. The lowest BCUT2D eigenvalue weighted by Gasteiger charge is -2.18. The predicted molar refractivity (Wildman–Crippen MR) is 121 cm³/mol. The number of aromatic nitrogens is 3. The number of pyridine rings is 1. The maximum Gasteiger partial charge on any atom is 0.330 e. The number of likely N-dealkylation sites (tertiary alicyclic amines) is 1. The van der Waals surface area contributed by atoms with Gasteiger partial charge in [0.1, 0.15) is 0 Å². The highest BCUT2D eigenvalue weighted by Gasteiger charge is 2.30. The molecule has 2 fully saturated rings. The summed E-state index contributed by atoms with van der Waals surface area (Å²) in [5.74, 6) is 0.791. The lowest BCUT2D eigenvalue weighted by atomic mass is 10.0. The third kappa shape index (κ3) is 4.74. The Morgan fingerprint density at radius 1 is 1.23 bits per heavy atom. The molecule has 2 aromatic rings. The van der Waals surface area contributed by atoms with Crippen LogP contribution in [0.2, 0.25) is 0 Å². The van der Waals surface area contributed by atoms with Crippen molar-refractivity contribution in [3.63, 3.8) is 0 Å². The van der Waals surface area contributed by atoms with E-state index in [4.69, 9.17) is 0 Å². The molecule has 3 heterocycles. The first kappa shape index (κ1) is 21.7. The van der Waals surface area contributed by atoms with Gasteiger partial charge in [0, 0.05) is 37.9 Å². The molecule has 1 saturated carbocycles. The zero-order valence-electron chi connectivity index (χ0n) is 18.9. The Kier molecular flexibility index (Phi) is 6.01. The monoisotopic (exact) mass is 427 g/mol. The molecule has 8 heteroatoms. The second-order valence-electron chi connectivity index (χ2n) is 9.87. The summed E-state index contributed by atoms with van der Waals surface area (Å²) in [6, 6.07) is 1.77. The van der Waals surface area contributed by atoms with Crippen molar-refractivity contribution in [2.24, 2.45) is 11.8 Å². The number of H-pyrrole nitrogens is 1. The Morgan fingerprint density at radius 3 is 2.61 bits per heavy atom. The van der Waals surface area contributed by atoms with Crippen molar-refractivity contribution in [2.45, 2.75) is 65.5 Å². The van der Waals surface area contributed by atoms with Crippen LogP contribution < -0.4 is 16.6 Å². The van der Waals surface area contributed by atoms with Crippen molar-refractivity contribution in [1.82, 2.24) is 24.8 Å². The maximum absolute atomic E-state index is 13.3. The summed E-state index contributed by atoms with van der Waals surface area (Å²) in [6.45, 7) is 11.3. The van der Waals surface area contributed by atoms with Gasteiger partial charge in [0.05, 0.1) is 10.9 Å². The molecule has 8 nitrogen and oxygen atoms in total. The Labute approximate surface area is 182 Å². The number of carbonyl (C=O) groups excluding carboxylic acids is 1. The number of hydrogen-bond acceptors (Lipinski definition) is 5. The molecule has 0 bridgehead atoms. The average Bonchev–Trinajstić information content (AvgIpc) is 3.41. The quantitative estimate of drug-likeness (QED) is 0.705. The van der Waals surface area contributed by atoms with E-state index >= 15 is 0 Å². The minimum absolute atomic E-state index is 0.0540. The molecular weight excluding hydrogens is 394 g/mol. The van der Waals surface area contributed by atoms with Crippen LogP contribution in [0.5, 0.6) is 0 Å². The molecule has 1 saturated heterocycles. The molecule has 31 heavy (non-hydrogen) atoms. The number of hydrogen-bond donors (Lipinski definition) is 2. The van der Waals surface area contributed by atoms with Crippen LogP contribution in [0.4, 0.5) is 0 Å². The van der Waals surface area contributed by atoms with Gasteiger partial charge in [-0.2, -0.15) is 0 Å². The van der Waals surface area contributed by atoms with E-state index in [0.29, 0.717) is 23.4 Å². The molecule has 2 aromatic heterocycles. The molecule has 0 spiro atoms. The van der Waals surface area contributed by atoms with E-state index in [1.807, 2.05) is 27.7 Å². The van der Waals surface area contributed by atoms with Gasteiger partial charge in [0.15, 0.2) is 5.65 Å². The van der Waals surface area contributed by atoms with Crippen LogP contribution in [0.1, 0.15) is 68.9 Å². The predicted octanol–water partition coefficient (Wildman–Crippen LogP) is 2.08. The minimum atomic E-state index is -0.560. The van der Waals surface area contributed by atoms with Gasteiger partial charge >= 0.3 is 5.69 Å². The third-order valence-electron chi connectivity index (χ3n) is 6.17. The number of nitrogens with one attached hydrogen (secondary N) is 2. The van der Waals surface area contributed by atoms with Crippen LogP contribution in [0.3, 0.4) is 0 Å². The Hall–Kier alpha value is -2.48. The number of carbonyl (C=O) groups is 1. The summed E-state index contributed by atoms with van der Waals surface area (Å²) in [6.07, 6.45) is 3.54. The van der Waals surface area contributed by atoms with Gasteiger partial charge in [0.25, 0.3) is 11.5 Å². The van der Waals surface area contributed by atoms with Gasteiger partial charge in [-0.3, -0.25) is 19.1 Å². The fraction of sp³-hybridized carbons (Fsp3) is 0.652. The van der Waals surface area contributed by atoms with Crippen LogP contribution in [0.25, 0.3) is 11.0 Å². The molecule has 2 N–H and O–H groups in total. The van der Waals surface area contributed by atoms with Crippen LogP contribution >= 0.6 is 0 Å². The van der Waals surface area contributed by atoms with Gasteiger partial charge in [-0.1, -0.05) is 27.7 Å². The lowest BCUT2D eigenvalue weighted by molar-refractivity contribution is 0.0939. The van der Waals surface area contributed by atoms with Crippen LogP contribution in [-0.2, 0) is 6.54 Å². The van der Waals surface area contributed by atoms with Crippen LogP contribution in [-0.4, -0.2) is 51.0 Å². The van der Waals surface area contributed by atoms with E-state index in [1.165, 1.54) is 17.4 Å². The van der Waals surface area contributed by atoms with Gasteiger partial charge in [0.2, 0.25) is 0 Å². The smallest absolute Gasteiger partial charge is 0.330 e. The molecule has 1 atom stereocenters. The highest BCUT2D eigenvalue weighted by atomic mass is 16.2. The van der Waals surface area contributed by atoms with Crippen LogP contribution in [0, 0.1) is 11.8 Å². The molecule has 2 aliphatic rings. The van der Waals surface area contributed by atoms with Gasteiger partial charge in [-0.15, -0.1) is 0 Å². The fourth-order valence-corrected chi connectivity index (χ4v) is 4.35. The summed E-state index contributed by atoms with van der Waals surface area (Å²) in [5, 5.41) is 3.32. The Morgan fingerprint density at radius 2 is 1.97 bits per heavy atom. The standard InChI is InChI=1S/C23H33N5O3/c1-13(2)10-28-20-19(22(30)26-23(28)31)17(9-18(25-20)14(3)4)21(29)24-16-7-8-27(12-16)11-15-5-6-15/h9,13-16H,5-8,10-12H2,1-4H3,(H,24,29)(H,26,30,31). The molecule has 1 aliphatic carbocycles. The van der Waals surface area contributed by atoms with E-state index in [9.17, 15) is 14.4 Å². The molecule has 1 amide bonds. The van der Waals surface area contributed by atoms with Gasteiger partial charge in [-0.25, -0.2) is 9.78 Å². The third-order valence-corrected chi connectivity index (χ3v) is 6.17. The number of aromatic amines is 1. The second kappa shape index (κ2) is 8.57. The molecule has 168 valence electrons. The zero-order valence-corrected chi connectivity index (χ0v) is 18.9. The van der Waals surface area contributed by atoms with E-state index in [-0.39, 0.29) is 29.2 Å². The van der Waals surface area contributed by atoms with Gasteiger partial charge in [-0.05, 0) is 43.1 Å². The number of amides is 1. The minimum Gasteiger partial charge on any atom is -0.348 e. The topological polar surface area (TPSA) is 100 Å². The molecule has 1 unspecified atom stereocenters. The highest BCUT2D eigenvalue weighted by Crippen LogP contribution is 2.30. The van der Waals surface area contributed by atoms with Crippen molar-refractivity contribution in [3.8, 4) is 0 Å². The number of rotatable bonds is 7. The molecule has 4 rings (SSSR count). The normalized spacial score (nSPS) is 19.6. The SMILES string of the molecule is CC(C)Cn1c(=O)[nH]c(=O)c2c(C(=O)NC3CCN(CC4CC4)C3)cc(C(C)C)nc21. The Balaban J connectivity index is 1.71. The second-order valence-corrected chi connectivity index (χ2v) is 9.87. The van der Waals surface area contributed by atoms with Crippen LogP contribution in [0.15, 0.2) is 15.7 Å². The fourth-order valence-electron chi connectivity index (χ4n) is 4.35. The van der Waals surface area contributed by atoms with Crippen molar-refractivity contribution in [1.29, 1.82) is 0 Å². The molecule has 1 aliphatic heterocycles. The van der Waals surface area contributed by atoms with Gasteiger partial charge < -0.3 is 10.2 Å². The Bertz CT molecular complexity index is 1100. The summed E-state index contributed by atoms with van der Waals surface area (Å²) in [7, 11) is 0. The zero-order chi connectivity index (χ0) is 22.3. The van der Waals surface area contributed by atoms with E-state index in [2.05, 4.69) is 20.2 Å². The molecule has 0 radical (unpaired) electrons. The first-order valence-corrected chi connectivity index (χ1v) is 11.4. The summed E-state index contributed by atoms with van der Waals surface area (Å²) < 4.78 is 1.48. The number of nitrogens with zero attached hydrogens (tertiary/aromatic N) is 3. The van der Waals surface area contributed by atoms with Crippen molar-refractivity contribution < 1.29 is 4.79 Å². The first-order valence-electron chi connectivity index (χ1n) is 11.4. The van der Waals surface area contributed by atoms with E-state index in [1.54, 1.807) is 6.07 Å². The summed E-state index contributed by atoms with van der Waals surface area (Å²) in [4.78, 5) is 48.0. The molecule has 0 aromatic carbocycles. The summed E-state index contributed by atoms with van der Waals surface area (Å²) >= 11 is 0. The lowest BCUT2D eigenvalue weighted by Crippen LogP contribution is -2.39. The molecular formula is C23H33N5O3. The van der Waals surface area contributed by atoms with E-state index < -0.39 is 11.2 Å². The largest absolute Gasteiger partial charge is 0.348 e. The summed E-state index contributed by atoms with van der Waals surface area (Å²) in [5.41, 5.74) is 0.239. The van der Waals surface area contributed by atoms with Crippen molar-refractivity contribution in [3.05, 3.63) is 38.2 Å². The van der Waals surface area contributed by atoms with Crippen molar-refractivity contribution >= 4 is 16.9 Å². The highest BCUT2D eigenvalue weighted by molar-refractivity contribution is 6.05. The first-order chi connectivity index (χ1) is 14.7. The average molecular weight is 428 g/mol.